The van der Waals surface area contributed by atoms with Crippen LogP contribution in [0.15, 0.2) is 18.2 Å². The fourth-order valence-electron chi connectivity index (χ4n) is 1.37. The van der Waals surface area contributed by atoms with Crippen LogP contribution in [0.2, 0.25) is 0 Å². The summed E-state index contributed by atoms with van der Waals surface area (Å²) in [6.07, 6.45) is 0.808. The zero-order valence-electron chi connectivity index (χ0n) is 6.43. The van der Waals surface area contributed by atoms with E-state index in [1.807, 2.05) is 0 Å². The molecule has 2 atom stereocenters. The molecule has 3 heteroatoms. The normalized spacial score (nSPS) is 27.2. The van der Waals surface area contributed by atoms with Gasteiger partial charge in [-0.1, -0.05) is 6.07 Å². The maximum absolute atomic E-state index is 13.0. The van der Waals surface area contributed by atoms with Crippen LogP contribution >= 0.6 is 0 Å². The third-order valence-electron chi connectivity index (χ3n) is 2.20. The average Bonchev–Trinajstić information content (AvgIpc) is 2.66. The molecule has 0 saturated heterocycles. The Morgan fingerprint density at radius 3 is 2.50 bits per heavy atom. The van der Waals surface area contributed by atoms with E-state index in [-0.39, 0.29) is 12.0 Å². The van der Waals surface area contributed by atoms with Crippen LogP contribution in [0, 0.1) is 11.6 Å². The Hall–Kier alpha value is -0.960. The highest BCUT2D eigenvalue weighted by molar-refractivity contribution is 5.29. The maximum atomic E-state index is 13.0. The summed E-state index contributed by atoms with van der Waals surface area (Å²) in [5, 5.41) is 0. The van der Waals surface area contributed by atoms with E-state index in [0.29, 0.717) is 5.56 Å². The molecule has 0 unspecified atom stereocenters. The molecule has 0 aromatic heterocycles. The van der Waals surface area contributed by atoms with Crippen LogP contribution in [0.5, 0.6) is 0 Å². The zero-order valence-corrected chi connectivity index (χ0v) is 6.43. The summed E-state index contributed by atoms with van der Waals surface area (Å²) in [5.41, 5.74) is 6.09. The van der Waals surface area contributed by atoms with Crippen LogP contribution in [-0.2, 0) is 0 Å². The fraction of sp³-hybridized carbons (Fsp3) is 0.333. The van der Waals surface area contributed by atoms with Gasteiger partial charge >= 0.3 is 0 Å². The molecular formula is C9H9F2N. The lowest BCUT2D eigenvalue weighted by molar-refractivity contribution is 0.572. The number of hydrogen-bond acceptors (Lipinski definition) is 1. The summed E-state index contributed by atoms with van der Waals surface area (Å²) in [6.45, 7) is 0. The van der Waals surface area contributed by atoms with E-state index in [0.717, 1.165) is 12.5 Å². The molecule has 1 aromatic carbocycles. The van der Waals surface area contributed by atoms with Crippen molar-refractivity contribution in [2.24, 2.45) is 5.73 Å². The molecule has 0 bridgehead atoms. The topological polar surface area (TPSA) is 26.0 Å². The molecule has 2 rings (SSSR count). The smallest absolute Gasteiger partial charge is 0.129 e. The van der Waals surface area contributed by atoms with Gasteiger partial charge in [-0.15, -0.1) is 0 Å². The molecule has 0 spiro atoms. The number of benzene rings is 1. The average molecular weight is 169 g/mol. The number of nitrogens with two attached hydrogens (primary N) is 1. The first kappa shape index (κ1) is 7.68. The van der Waals surface area contributed by atoms with E-state index >= 15 is 0 Å². The van der Waals surface area contributed by atoms with E-state index in [4.69, 9.17) is 5.73 Å². The van der Waals surface area contributed by atoms with Crippen LogP contribution in [0.1, 0.15) is 17.9 Å². The second-order valence-electron chi connectivity index (χ2n) is 3.17. The highest BCUT2D eigenvalue weighted by Gasteiger charge is 2.36. The molecular weight excluding hydrogens is 160 g/mol. The quantitative estimate of drug-likeness (QED) is 0.681. The molecule has 1 aliphatic rings. The molecule has 2 N–H and O–H groups in total. The van der Waals surface area contributed by atoms with Gasteiger partial charge in [0.15, 0.2) is 0 Å². The minimum atomic E-state index is -0.537. The minimum Gasteiger partial charge on any atom is -0.327 e. The lowest BCUT2D eigenvalue weighted by Gasteiger charge is -1.99. The molecule has 1 aromatic rings. The molecule has 0 amide bonds. The Morgan fingerprint density at radius 2 is 2.00 bits per heavy atom. The van der Waals surface area contributed by atoms with Crippen molar-refractivity contribution in [1.82, 2.24) is 0 Å². The molecule has 1 aliphatic carbocycles. The number of hydrogen-bond donors (Lipinski definition) is 1. The summed E-state index contributed by atoms with van der Waals surface area (Å²) in [6, 6.07) is 3.71. The van der Waals surface area contributed by atoms with E-state index in [9.17, 15) is 8.78 Å². The molecule has 64 valence electrons. The third kappa shape index (κ3) is 1.20. The highest BCUT2D eigenvalue weighted by Crippen LogP contribution is 2.40. The minimum absolute atomic E-state index is 0.0601. The van der Waals surface area contributed by atoms with Gasteiger partial charge in [-0.25, -0.2) is 8.78 Å². The van der Waals surface area contributed by atoms with E-state index in [1.54, 1.807) is 0 Å². The molecule has 0 radical (unpaired) electrons. The number of halogens is 2. The zero-order chi connectivity index (χ0) is 8.72. The van der Waals surface area contributed by atoms with Gasteiger partial charge in [-0.2, -0.15) is 0 Å². The maximum Gasteiger partial charge on any atom is 0.129 e. The first-order valence-electron chi connectivity index (χ1n) is 3.89. The van der Waals surface area contributed by atoms with Gasteiger partial charge in [0.05, 0.1) is 0 Å². The van der Waals surface area contributed by atoms with E-state index in [2.05, 4.69) is 0 Å². The van der Waals surface area contributed by atoms with Gasteiger partial charge in [-0.3, -0.25) is 0 Å². The Balaban J connectivity index is 2.33. The molecule has 0 heterocycles. The Labute approximate surface area is 69.2 Å². The second kappa shape index (κ2) is 2.52. The summed E-state index contributed by atoms with van der Waals surface area (Å²) >= 11 is 0. The van der Waals surface area contributed by atoms with Crippen LogP contribution in [0.4, 0.5) is 8.78 Å². The van der Waals surface area contributed by atoms with Crippen molar-refractivity contribution >= 4 is 0 Å². The number of rotatable bonds is 1. The van der Waals surface area contributed by atoms with E-state index < -0.39 is 11.6 Å². The SMILES string of the molecule is N[C@@H]1C[C@@H]1c1ccc(F)cc1F. The van der Waals surface area contributed by atoms with Gasteiger partial charge in [-0.05, 0) is 18.1 Å². The first-order chi connectivity index (χ1) is 5.68. The standard InChI is InChI=1S/C9H9F2N/c10-5-1-2-6(8(11)3-5)7-4-9(7)12/h1-3,7,9H,4,12H2/t7-,9-/m1/s1. The monoisotopic (exact) mass is 169 g/mol. The second-order valence-corrected chi connectivity index (χ2v) is 3.17. The lowest BCUT2D eigenvalue weighted by atomic mass is 10.1. The lowest BCUT2D eigenvalue weighted by Crippen LogP contribution is -2.02. The van der Waals surface area contributed by atoms with Crippen LogP contribution in [0.3, 0.4) is 0 Å². The van der Waals surface area contributed by atoms with Crippen LogP contribution < -0.4 is 5.73 Å². The van der Waals surface area contributed by atoms with Crippen LogP contribution in [0.25, 0.3) is 0 Å². The molecule has 1 nitrogen and oxygen atoms in total. The Morgan fingerprint density at radius 1 is 1.33 bits per heavy atom. The largest absolute Gasteiger partial charge is 0.327 e. The summed E-state index contributed by atoms with van der Waals surface area (Å²) in [7, 11) is 0. The van der Waals surface area contributed by atoms with Gasteiger partial charge in [0.2, 0.25) is 0 Å². The summed E-state index contributed by atoms with van der Waals surface area (Å²) < 4.78 is 25.5. The van der Waals surface area contributed by atoms with Gasteiger partial charge in [0.25, 0.3) is 0 Å². The third-order valence-corrected chi connectivity index (χ3v) is 2.20. The van der Waals surface area contributed by atoms with Crippen LogP contribution in [-0.4, -0.2) is 6.04 Å². The summed E-state index contributed by atoms with van der Waals surface area (Å²) in [4.78, 5) is 0. The van der Waals surface area contributed by atoms with Crippen molar-refractivity contribution in [3.63, 3.8) is 0 Å². The van der Waals surface area contributed by atoms with Crippen molar-refractivity contribution in [1.29, 1.82) is 0 Å². The first-order valence-corrected chi connectivity index (χ1v) is 3.89. The fourth-order valence-corrected chi connectivity index (χ4v) is 1.37. The van der Waals surface area contributed by atoms with Crippen molar-refractivity contribution in [2.75, 3.05) is 0 Å². The van der Waals surface area contributed by atoms with Crippen molar-refractivity contribution in [3.8, 4) is 0 Å². The van der Waals surface area contributed by atoms with Crippen molar-refractivity contribution < 1.29 is 8.78 Å². The summed E-state index contributed by atoms with van der Waals surface area (Å²) in [5.74, 6) is -0.913. The molecule has 12 heavy (non-hydrogen) atoms. The molecule has 0 aliphatic heterocycles. The Kier molecular flexibility index (Phi) is 1.61. The predicted molar refractivity (Wildman–Crippen MR) is 41.7 cm³/mol. The highest BCUT2D eigenvalue weighted by atomic mass is 19.1. The molecule has 1 fully saturated rings. The van der Waals surface area contributed by atoms with E-state index in [1.165, 1.54) is 12.1 Å². The molecule has 1 saturated carbocycles. The van der Waals surface area contributed by atoms with Crippen molar-refractivity contribution in [2.45, 2.75) is 18.4 Å². The van der Waals surface area contributed by atoms with Crippen molar-refractivity contribution in [3.05, 3.63) is 35.4 Å². The Bertz CT molecular complexity index is 311. The van der Waals surface area contributed by atoms with Gasteiger partial charge in [0, 0.05) is 18.0 Å². The van der Waals surface area contributed by atoms with Gasteiger partial charge in [0.1, 0.15) is 11.6 Å². The van der Waals surface area contributed by atoms with Gasteiger partial charge < -0.3 is 5.73 Å². The predicted octanol–water partition coefficient (Wildman–Crippen LogP) is 1.78.